The number of anilines is 1. The lowest BCUT2D eigenvalue weighted by Gasteiger charge is -2.34. The zero-order valence-electron chi connectivity index (χ0n) is 18.9. The summed E-state index contributed by atoms with van der Waals surface area (Å²) in [7, 11) is 2.91. The summed E-state index contributed by atoms with van der Waals surface area (Å²) < 4.78 is 22.2. The standard InChI is InChI=1S/C22H23FIN3O2S.C2H6/c1-4-8-19(27(25-2)30-24)16-13-17-20(29-3)12-11-18(23)21(17)26(22(16)28)14-15-9-6-5-7-10-15;1-2/h5-7,9-12H,2,4,8,13-14H2,1,3H3;1-2H3/b19-16+;. The van der Waals surface area contributed by atoms with Gasteiger partial charge in [-0.15, -0.1) is 0 Å². The van der Waals surface area contributed by atoms with Crippen molar-refractivity contribution in [2.45, 2.75) is 46.6 Å². The Balaban J connectivity index is 0.00000176. The summed E-state index contributed by atoms with van der Waals surface area (Å²) in [6.07, 6.45) is 1.77. The average Bonchev–Trinajstić information content (AvgIpc) is 2.83. The molecule has 5 nitrogen and oxygen atoms in total. The Morgan fingerprint density at radius 3 is 2.53 bits per heavy atom. The van der Waals surface area contributed by atoms with E-state index in [2.05, 4.69) is 33.0 Å². The van der Waals surface area contributed by atoms with E-state index in [0.717, 1.165) is 17.7 Å². The molecule has 1 amide bonds. The number of carbonyl (C=O) groups excluding carboxylic acids is 1. The quantitative estimate of drug-likeness (QED) is 0.114. The van der Waals surface area contributed by atoms with Crippen LogP contribution in [0.5, 0.6) is 5.75 Å². The van der Waals surface area contributed by atoms with Crippen LogP contribution < -0.4 is 9.64 Å². The van der Waals surface area contributed by atoms with Crippen LogP contribution in [0.2, 0.25) is 0 Å². The van der Waals surface area contributed by atoms with Crippen LogP contribution in [0.15, 0.2) is 58.8 Å². The van der Waals surface area contributed by atoms with E-state index >= 15 is 0 Å². The molecule has 0 aromatic heterocycles. The minimum Gasteiger partial charge on any atom is -0.496 e. The Labute approximate surface area is 206 Å². The fourth-order valence-electron chi connectivity index (χ4n) is 3.65. The monoisotopic (exact) mass is 569 g/mol. The largest absolute Gasteiger partial charge is 0.496 e. The van der Waals surface area contributed by atoms with Crippen LogP contribution in [-0.2, 0) is 17.8 Å². The smallest absolute Gasteiger partial charge is 0.256 e. The third kappa shape index (κ3) is 5.64. The number of allylic oxidation sites excluding steroid dienone is 1. The summed E-state index contributed by atoms with van der Waals surface area (Å²) in [5.41, 5.74) is 3.23. The molecule has 1 aliphatic heterocycles. The highest BCUT2D eigenvalue weighted by molar-refractivity contribution is 14.2. The normalized spacial score (nSPS) is 14.2. The van der Waals surface area contributed by atoms with Gasteiger partial charge in [-0.3, -0.25) is 4.79 Å². The number of halogens is 2. The number of carbonyl (C=O) groups is 1. The van der Waals surface area contributed by atoms with E-state index in [9.17, 15) is 9.18 Å². The third-order valence-electron chi connectivity index (χ3n) is 4.98. The fourth-order valence-corrected chi connectivity index (χ4v) is 5.07. The molecule has 32 heavy (non-hydrogen) atoms. The number of hydrogen-bond donors (Lipinski definition) is 0. The second-order valence-corrected chi connectivity index (χ2v) is 8.45. The van der Waals surface area contributed by atoms with E-state index in [1.54, 1.807) is 17.6 Å². The highest BCUT2D eigenvalue weighted by Crippen LogP contribution is 2.42. The minimum atomic E-state index is -0.437. The van der Waals surface area contributed by atoms with Crippen molar-refractivity contribution in [2.75, 3.05) is 12.0 Å². The van der Waals surface area contributed by atoms with Crippen molar-refractivity contribution < 1.29 is 13.9 Å². The molecule has 1 heterocycles. The predicted molar refractivity (Wildman–Crippen MR) is 141 cm³/mol. The second kappa shape index (κ2) is 12.8. The summed E-state index contributed by atoms with van der Waals surface area (Å²) in [4.78, 5) is 15.2. The maximum Gasteiger partial charge on any atom is 0.256 e. The number of hydrazone groups is 1. The molecule has 1 aliphatic rings. The molecule has 0 N–H and O–H groups in total. The van der Waals surface area contributed by atoms with Crippen molar-refractivity contribution in [1.29, 1.82) is 0 Å². The number of methoxy groups -OCH3 is 1. The first kappa shape index (κ1) is 26.2. The van der Waals surface area contributed by atoms with Gasteiger partial charge in [-0.1, -0.05) is 57.5 Å². The topological polar surface area (TPSA) is 45.1 Å². The third-order valence-corrected chi connectivity index (χ3v) is 6.57. The van der Waals surface area contributed by atoms with Gasteiger partial charge in [0.25, 0.3) is 5.91 Å². The molecule has 2 aromatic rings. The van der Waals surface area contributed by atoms with Gasteiger partial charge in [-0.05, 0) is 24.1 Å². The van der Waals surface area contributed by atoms with Crippen molar-refractivity contribution in [3.05, 3.63) is 70.7 Å². The second-order valence-electron chi connectivity index (χ2n) is 6.79. The zero-order valence-corrected chi connectivity index (χ0v) is 21.9. The lowest BCUT2D eigenvalue weighted by atomic mass is 9.92. The molecule has 172 valence electrons. The van der Waals surface area contributed by atoms with Crippen molar-refractivity contribution >= 4 is 48.6 Å². The van der Waals surface area contributed by atoms with Crippen LogP contribution in [0.25, 0.3) is 0 Å². The molecule has 0 bridgehead atoms. The van der Waals surface area contributed by atoms with Gasteiger partial charge >= 0.3 is 0 Å². The van der Waals surface area contributed by atoms with Gasteiger partial charge in [0, 0.05) is 54.6 Å². The van der Waals surface area contributed by atoms with E-state index < -0.39 is 5.82 Å². The average molecular weight is 569 g/mol. The predicted octanol–water partition coefficient (Wildman–Crippen LogP) is 6.92. The first-order chi connectivity index (χ1) is 15.5. The van der Waals surface area contributed by atoms with Gasteiger partial charge in [0.2, 0.25) is 0 Å². The van der Waals surface area contributed by atoms with Crippen molar-refractivity contribution in [1.82, 2.24) is 4.41 Å². The van der Waals surface area contributed by atoms with E-state index in [-0.39, 0.29) is 24.6 Å². The van der Waals surface area contributed by atoms with E-state index in [0.29, 0.717) is 23.3 Å². The van der Waals surface area contributed by atoms with Crippen LogP contribution >= 0.6 is 30.3 Å². The van der Waals surface area contributed by atoms with Gasteiger partial charge in [-0.2, -0.15) is 5.10 Å². The Bertz CT molecular complexity index is 969. The highest BCUT2D eigenvalue weighted by Gasteiger charge is 2.35. The lowest BCUT2D eigenvalue weighted by Crippen LogP contribution is -2.38. The van der Waals surface area contributed by atoms with Crippen LogP contribution in [0, 0.1) is 5.82 Å². The molecule has 0 unspecified atom stereocenters. The number of nitrogens with zero attached hydrogens (tertiary/aromatic N) is 3. The molecule has 2 aromatic carbocycles. The summed E-state index contributed by atoms with van der Waals surface area (Å²) in [5, 5.41) is 4.07. The fraction of sp³-hybridized carbons (Fsp3) is 0.333. The highest BCUT2D eigenvalue weighted by atomic mass is 127. The Kier molecular flexibility index (Phi) is 10.5. The zero-order chi connectivity index (χ0) is 23.7. The molecule has 0 fully saturated rings. The van der Waals surface area contributed by atoms with Crippen LogP contribution in [-0.4, -0.2) is 24.1 Å². The molecule has 8 heteroatoms. The van der Waals surface area contributed by atoms with Crippen molar-refractivity contribution in [3.8, 4) is 5.75 Å². The summed E-state index contributed by atoms with van der Waals surface area (Å²) >= 11 is 2.12. The Hall–Kier alpha value is -2.07. The van der Waals surface area contributed by atoms with Crippen LogP contribution in [0.1, 0.15) is 44.7 Å². The minimum absolute atomic E-state index is 0.221. The molecule has 0 saturated heterocycles. The van der Waals surface area contributed by atoms with Crippen LogP contribution in [0.4, 0.5) is 10.1 Å². The SMILES string of the molecule is C=NN(SI)/C(CCC)=C1\Cc2c(OC)ccc(F)c2N(Cc2ccccc2)C1=O.CC. The van der Waals surface area contributed by atoms with Gasteiger partial charge in [-0.25, -0.2) is 8.80 Å². The molecular formula is C24H29FIN3O2S. The van der Waals surface area contributed by atoms with E-state index in [1.165, 1.54) is 20.1 Å². The number of amides is 1. The van der Waals surface area contributed by atoms with Crippen molar-refractivity contribution in [2.24, 2.45) is 5.10 Å². The number of benzene rings is 2. The molecule has 0 radical (unpaired) electrons. The molecular weight excluding hydrogens is 540 g/mol. The molecule has 0 atom stereocenters. The maximum absolute atomic E-state index is 15.0. The maximum atomic E-state index is 15.0. The Morgan fingerprint density at radius 2 is 1.97 bits per heavy atom. The van der Waals surface area contributed by atoms with Gasteiger partial charge in [0.15, 0.2) is 0 Å². The molecule has 0 spiro atoms. The van der Waals surface area contributed by atoms with Gasteiger partial charge < -0.3 is 9.64 Å². The van der Waals surface area contributed by atoms with E-state index in [1.807, 2.05) is 51.1 Å². The summed E-state index contributed by atoms with van der Waals surface area (Å²) in [6.45, 7) is 9.95. The summed E-state index contributed by atoms with van der Waals surface area (Å²) in [6, 6.07) is 12.5. The number of rotatable bonds is 8. The lowest BCUT2D eigenvalue weighted by molar-refractivity contribution is -0.115. The summed E-state index contributed by atoms with van der Waals surface area (Å²) in [5.74, 6) is -0.0975. The molecule has 0 saturated carbocycles. The first-order valence-corrected chi connectivity index (χ1v) is 13.9. The molecule has 0 aliphatic carbocycles. The number of ether oxygens (including phenoxy) is 1. The van der Waals surface area contributed by atoms with Crippen LogP contribution in [0.3, 0.4) is 0 Å². The Morgan fingerprint density at radius 1 is 1.28 bits per heavy atom. The number of hydrogen-bond acceptors (Lipinski definition) is 5. The first-order valence-electron chi connectivity index (χ1n) is 10.5. The van der Waals surface area contributed by atoms with E-state index in [4.69, 9.17) is 4.74 Å². The van der Waals surface area contributed by atoms with Gasteiger partial charge in [0.05, 0.1) is 25.0 Å². The number of fused-ring (bicyclic) bond motifs is 1. The van der Waals surface area contributed by atoms with Gasteiger partial charge in [0.1, 0.15) is 11.6 Å². The molecule has 3 rings (SSSR count). The van der Waals surface area contributed by atoms with Crippen molar-refractivity contribution in [3.63, 3.8) is 0 Å².